The summed E-state index contributed by atoms with van der Waals surface area (Å²) in [6, 6.07) is 6.76. The zero-order valence-corrected chi connectivity index (χ0v) is 13.2. The Morgan fingerprint density at radius 2 is 2.12 bits per heavy atom. The molecule has 1 aromatic heterocycles. The molecule has 1 fully saturated rings. The number of aromatic amines is 1. The normalized spacial score (nSPS) is 17.5. The zero-order chi connectivity index (χ0) is 16.7. The van der Waals surface area contributed by atoms with Gasteiger partial charge in [0.25, 0.3) is 11.2 Å². The van der Waals surface area contributed by atoms with Crippen molar-refractivity contribution in [1.29, 1.82) is 0 Å². The van der Waals surface area contributed by atoms with Crippen molar-refractivity contribution >= 4 is 5.69 Å². The molecule has 1 aromatic carbocycles. The van der Waals surface area contributed by atoms with E-state index < -0.39 is 0 Å². The van der Waals surface area contributed by atoms with Crippen molar-refractivity contribution in [2.75, 3.05) is 6.54 Å². The van der Waals surface area contributed by atoms with E-state index in [9.17, 15) is 14.9 Å². The van der Waals surface area contributed by atoms with Crippen molar-refractivity contribution in [2.24, 2.45) is 0 Å². The molecule has 0 amide bonds. The Morgan fingerprint density at radius 3 is 2.88 bits per heavy atom. The minimum absolute atomic E-state index is 0.0610. The van der Waals surface area contributed by atoms with Gasteiger partial charge in [-0.05, 0) is 12.8 Å². The van der Waals surface area contributed by atoms with Gasteiger partial charge in [0.1, 0.15) is 5.82 Å². The number of nitro benzene ring substituents is 1. The lowest BCUT2D eigenvalue weighted by Crippen LogP contribution is -2.35. The third-order valence-corrected chi connectivity index (χ3v) is 4.71. The summed E-state index contributed by atoms with van der Waals surface area (Å²) in [7, 11) is 0. The summed E-state index contributed by atoms with van der Waals surface area (Å²) in [5.41, 5.74) is 2.32. The molecule has 0 radical (unpaired) electrons. The number of para-hydroxylation sites is 1. The number of fused-ring (bicyclic) bond motifs is 1. The lowest BCUT2D eigenvalue weighted by Gasteiger charge is -2.27. The largest absolute Gasteiger partial charge is 0.310 e. The van der Waals surface area contributed by atoms with E-state index in [0.29, 0.717) is 36.6 Å². The van der Waals surface area contributed by atoms with Crippen LogP contribution in [0.3, 0.4) is 0 Å². The minimum Gasteiger partial charge on any atom is -0.310 e. The van der Waals surface area contributed by atoms with Crippen LogP contribution in [-0.2, 0) is 19.5 Å². The van der Waals surface area contributed by atoms with E-state index in [0.717, 1.165) is 30.9 Å². The second-order valence-electron chi connectivity index (χ2n) is 6.50. The second kappa shape index (κ2) is 5.83. The SMILES string of the molecule is O=c1[nH]c(C2CC2)nc2c1CN(Cc1ccccc1[N+](=O)[O-])CC2. The standard InChI is InChI=1S/C17H18N4O3/c22-17-13-10-20(9-12-3-1-2-4-15(12)21(23)24)8-7-14(13)18-16(19-17)11-5-6-11/h1-4,11H,5-10H2,(H,18,19,22). The highest BCUT2D eigenvalue weighted by atomic mass is 16.6. The molecule has 4 rings (SSSR count). The molecule has 7 heteroatoms. The molecule has 1 aliphatic heterocycles. The first-order valence-corrected chi connectivity index (χ1v) is 8.18. The molecule has 2 aliphatic rings. The summed E-state index contributed by atoms with van der Waals surface area (Å²) in [5.74, 6) is 1.25. The van der Waals surface area contributed by atoms with Gasteiger partial charge in [0.05, 0.1) is 16.2 Å². The third kappa shape index (κ3) is 2.82. The fourth-order valence-electron chi connectivity index (χ4n) is 3.25. The van der Waals surface area contributed by atoms with Crippen LogP contribution in [0, 0.1) is 10.1 Å². The molecule has 1 N–H and O–H groups in total. The van der Waals surface area contributed by atoms with E-state index in [-0.39, 0.29) is 16.2 Å². The van der Waals surface area contributed by atoms with Crippen molar-refractivity contribution in [2.45, 2.75) is 38.3 Å². The lowest BCUT2D eigenvalue weighted by molar-refractivity contribution is -0.385. The minimum atomic E-state index is -0.358. The highest BCUT2D eigenvalue weighted by Crippen LogP contribution is 2.37. The fourth-order valence-corrected chi connectivity index (χ4v) is 3.25. The second-order valence-corrected chi connectivity index (χ2v) is 6.50. The van der Waals surface area contributed by atoms with E-state index in [1.54, 1.807) is 18.2 Å². The molecule has 7 nitrogen and oxygen atoms in total. The van der Waals surface area contributed by atoms with E-state index in [2.05, 4.69) is 14.9 Å². The first-order chi connectivity index (χ1) is 11.6. The average molecular weight is 326 g/mol. The van der Waals surface area contributed by atoms with Crippen LogP contribution in [0.25, 0.3) is 0 Å². The molecule has 1 aliphatic carbocycles. The topological polar surface area (TPSA) is 92.1 Å². The summed E-state index contributed by atoms with van der Waals surface area (Å²) in [6.07, 6.45) is 2.91. The van der Waals surface area contributed by atoms with Gasteiger partial charge in [0.15, 0.2) is 0 Å². The van der Waals surface area contributed by atoms with Gasteiger partial charge in [0.2, 0.25) is 0 Å². The van der Waals surface area contributed by atoms with Gasteiger partial charge >= 0.3 is 0 Å². The van der Waals surface area contributed by atoms with Gasteiger partial charge in [-0.2, -0.15) is 0 Å². The van der Waals surface area contributed by atoms with Crippen LogP contribution in [0.1, 0.15) is 41.4 Å². The third-order valence-electron chi connectivity index (χ3n) is 4.71. The molecule has 0 bridgehead atoms. The average Bonchev–Trinajstić information content (AvgIpc) is 3.40. The summed E-state index contributed by atoms with van der Waals surface area (Å²) in [4.78, 5) is 32.8. The Labute approximate surface area is 138 Å². The van der Waals surface area contributed by atoms with Gasteiger partial charge in [-0.1, -0.05) is 18.2 Å². The summed E-state index contributed by atoms with van der Waals surface area (Å²) >= 11 is 0. The summed E-state index contributed by atoms with van der Waals surface area (Å²) in [6.45, 7) is 1.69. The maximum atomic E-state index is 12.4. The quantitative estimate of drug-likeness (QED) is 0.686. The summed E-state index contributed by atoms with van der Waals surface area (Å²) < 4.78 is 0. The van der Waals surface area contributed by atoms with Crippen LogP contribution >= 0.6 is 0 Å². The Balaban J connectivity index is 1.57. The predicted molar refractivity (Wildman–Crippen MR) is 87.7 cm³/mol. The number of benzene rings is 1. The molecule has 124 valence electrons. The van der Waals surface area contributed by atoms with Crippen molar-refractivity contribution in [1.82, 2.24) is 14.9 Å². The molecule has 24 heavy (non-hydrogen) atoms. The number of hydrogen-bond donors (Lipinski definition) is 1. The molecule has 2 heterocycles. The van der Waals surface area contributed by atoms with E-state index in [1.807, 2.05) is 0 Å². The predicted octanol–water partition coefficient (Wildman–Crippen LogP) is 2.11. The molecule has 1 saturated carbocycles. The van der Waals surface area contributed by atoms with E-state index >= 15 is 0 Å². The number of aromatic nitrogens is 2. The van der Waals surface area contributed by atoms with Crippen molar-refractivity contribution in [3.05, 3.63) is 67.4 Å². The number of H-pyrrole nitrogens is 1. The zero-order valence-electron chi connectivity index (χ0n) is 13.2. The fraction of sp³-hybridized carbons (Fsp3) is 0.412. The molecule has 0 atom stereocenters. The van der Waals surface area contributed by atoms with Crippen LogP contribution in [0.15, 0.2) is 29.1 Å². The molecule has 0 unspecified atom stereocenters. The van der Waals surface area contributed by atoms with Crippen molar-refractivity contribution in [3.8, 4) is 0 Å². The van der Waals surface area contributed by atoms with Gasteiger partial charge in [-0.15, -0.1) is 0 Å². The summed E-state index contributed by atoms with van der Waals surface area (Å²) in [5, 5.41) is 11.1. The molecule has 2 aromatic rings. The van der Waals surface area contributed by atoms with Crippen molar-refractivity contribution in [3.63, 3.8) is 0 Å². The molecule has 0 saturated heterocycles. The number of rotatable bonds is 4. The van der Waals surface area contributed by atoms with E-state index in [1.165, 1.54) is 6.07 Å². The van der Waals surface area contributed by atoms with Crippen LogP contribution in [0.4, 0.5) is 5.69 Å². The Bertz CT molecular complexity index is 857. The molecular weight excluding hydrogens is 308 g/mol. The first-order valence-electron chi connectivity index (χ1n) is 8.18. The first kappa shape index (κ1) is 15.0. The van der Waals surface area contributed by atoms with Crippen LogP contribution < -0.4 is 5.56 Å². The highest BCUT2D eigenvalue weighted by Gasteiger charge is 2.29. The maximum absolute atomic E-state index is 12.4. The Hall–Kier alpha value is -2.54. The molecule has 0 spiro atoms. The number of nitrogens with zero attached hydrogens (tertiary/aromatic N) is 3. The maximum Gasteiger partial charge on any atom is 0.273 e. The van der Waals surface area contributed by atoms with Crippen LogP contribution in [-0.4, -0.2) is 26.3 Å². The Morgan fingerprint density at radius 1 is 1.33 bits per heavy atom. The highest BCUT2D eigenvalue weighted by molar-refractivity contribution is 5.39. The van der Waals surface area contributed by atoms with Gasteiger partial charge < -0.3 is 4.98 Å². The lowest BCUT2D eigenvalue weighted by atomic mass is 10.1. The monoisotopic (exact) mass is 326 g/mol. The smallest absolute Gasteiger partial charge is 0.273 e. The van der Waals surface area contributed by atoms with Crippen LogP contribution in [0.5, 0.6) is 0 Å². The van der Waals surface area contributed by atoms with Crippen LogP contribution in [0.2, 0.25) is 0 Å². The number of nitro groups is 1. The number of hydrogen-bond acceptors (Lipinski definition) is 5. The van der Waals surface area contributed by atoms with E-state index in [4.69, 9.17) is 0 Å². The van der Waals surface area contributed by atoms with Gasteiger partial charge in [0, 0.05) is 43.6 Å². The van der Waals surface area contributed by atoms with Crippen molar-refractivity contribution < 1.29 is 4.92 Å². The number of nitrogens with one attached hydrogen (secondary N) is 1. The Kier molecular flexibility index (Phi) is 3.65. The van der Waals surface area contributed by atoms with Gasteiger partial charge in [-0.3, -0.25) is 19.8 Å². The van der Waals surface area contributed by atoms with Gasteiger partial charge in [-0.25, -0.2) is 4.98 Å². The molecular formula is C17H18N4O3.